The molecule has 0 fully saturated rings. The van der Waals surface area contributed by atoms with E-state index in [0.717, 1.165) is 5.56 Å². The van der Waals surface area contributed by atoms with Crippen molar-refractivity contribution in [2.45, 2.75) is 0 Å². The van der Waals surface area contributed by atoms with Crippen molar-refractivity contribution in [3.8, 4) is 5.75 Å². The summed E-state index contributed by atoms with van der Waals surface area (Å²) in [4.78, 5) is 11.8. The Morgan fingerprint density at radius 2 is 1.91 bits per heavy atom. The number of carbonyl (C=O) groups excluding carboxylic acids is 1. The molecule has 0 aliphatic carbocycles. The van der Waals surface area contributed by atoms with E-state index in [1.54, 1.807) is 31.4 Å². The van der Waals surface area contributed by atoms with Gasteiger partial charge in [-0.25, -0.2) is 0 Å². The minimum Gasteiger partial charge on any atom is -0.468 e. The first-order chi connectivity index (χ1) is 10.7. The molecule has 0 heterocycles. The lowest BCUT2D eigenvalue weighted by Gasteiger charge is -2.05. The Morgan fingerprint density at radius 3 is 2.59 bits per heavy atom. The summed E-state index contributed by atoms with van der Waals surface area (Å²) in [5, 5.41) is 3.22. The van der Waals surface area contributed by atoms with Gasteiger partial charge in [0.2, 0.25) is 5.91 Å². The minimum atomic E-state index is -0.243. The first kappa shape index (κ1) is 16.1. The maximum atomic E-state index is 11.8. The van der Waals surface area contributed by atoms with E-state index in [1.807, 2.05) is 30.3 Å². The molecule has 0 radical (unpaired) electrons. The lowest BCUT2D eigenvalue weighted by atomic mass is 10.2. The molecule has 1 N–H and O–H groups in total. The van der Waals surface area contributed by atoms with Gasteiger partial charge in [-0.15, -0.1) is 0 Å². The van der Waals surface area contributed by atoms with Crippen molar-refractivity contribution in [3.63, 3.8) is 0 Å². The van der Waals surface area contributed by atoms with Crippen LogP contribution in [0.25, 0.3) is 6.08 Å². The number of anilines is 1. The SMILES string of the molecule is COCOc1ccc(/C=C/C(=O)Nc2ccccc2Cl)cc1. The minimum absolute atomic E-state index is 0.204. The number of amides is 1. The van der Waals surface area contributed by atoms with Gasteiger partial charge < -0.3 is 14.8 Å². The van der Waals surface area contributed by atoms with Crippen LogP contribution in [0.15, 0.2) is 54.6 Å². The highest BCUT2D eigenvalue weighted by atomic mass is 35.5. The van der Waals surface area contributed by atoms with Gasteiger partial charge in [0.15, 0.2) is 6.79 Å². The van der Waals surface area contributed by atoms with Gasteiger partial charge in [0, 0.05) is 13.2 Å². The zero-order valence-corrected chi connectivity index (χ0v) is 12.8. The summed E-state index contributed by atoms with van der Waals surface area (Å²) in [7, 11) is 1.56. The molecule has 0 unspecified atom stereocenters. The number of carbonyl (C=O) groups is 1. The summed E-state index contributed by atoms with van der Waals surface area (Å²) < 4.78 is 10.1. The quantitative estimate of drug-likeness (QED) is 0.647. The Kier molecular flexibility index (Phi) is 6.01. The monoisotopic (exact) mass is 317 g/mol. The summed E-state index contributed by atoms with van der Waals surface area (Å²) in [6, 6.07) is 14.4. The number of halogens is 1. The maximum absolute atomic E-state index is 11.8. The fourth-order valence-electron chi connectivity index (χ4n) is 1.71. The molecule has 2 aromatic carbocycles. The Hall–Kier alpha value is -2.30. The fourth-order valence-corrected chi connectivity index (χ4v) is 1.89. The molecule has 2 rings (SSSR count). The molecule has 0 aromatic heterocycles. The highest BCUT2D eigenvalue weighted by Crippen LogP contribution is 2.20. The second-order valence-corrected chi connectivity index (χ2v) is 4.83. The van der Waals surface area contributed by atoms with Crippen LogP contribution in [0.2, 0.25) is 5.02 Å². The highest BCUT2D eigenvalue weighted by Gasteiger charge is 2.01. The fraction of sp³-hybridized carbons (Fsp3) is 0.118. The van der Waals surface area contributed by atoms with Gasteiger partial charge in [-0.05, 0) is 35.9 Å². The smallest absolute Gasteiger partial charge is 0.248 e. The maximum Gasteiger partial charge on any atom is 0.248 e. The third-order valence-corrected chi connectivity index (χ3v) is 3.11. The molecule has 4 nitrogen and oxygen atoms in total. The zero-order valence-electron chi connectivity index (χ0n) is 12.1. The van der Waals surface area contributed by atoms with Crippen LogP contribution in [0.5, 0.6) is 5.75 Å². The van der Waals surface area contributed by atoms with Gasteiger partial charge in [0.25, 0.3) is 0 Å². The van der Waals surface area contributed by atoms with Crippen molar-refractivity contribution in [1.29, 1.82) is 0 Å². The van der Waals surface area contributed by atoms with E-state index in [4.69, 9.17) is 21.1 Å². The molecule has 0 aliphatic heterocycles. The van der Waals surface area contributed by atoms with Crippen LogP contribution in [0.3, 0.4) is 0 Å². The molecule has 0 bridgehead atoms. The van der Waals surface area contributed by atoms with Gasteiger partial charge in [-0.2, -0.15) is 0 Å². The largest absolute Gasteiger partial charge is 0.468 e. The third kappa shape index (κ3) is 4.91. The number of para-hydroxylation sites is 1. The molecule has 2 aromatic rings. The number of hydrogen-bond donors (Lipinski definition) is 1. The Balaban J connectivity index is 1.93. The first-order valence-electron chi connectivity index (χ1n) is 6.64. The summed E-state index contributed by atoms with van der Waals surface area (Å²) >= 11 is 5.98. The lowest BCUT2D eigenvalue weighted by Crippen LogP contribution is -2.07. The second-order valence-electron chi connectivity index (χ2n) is 4.42. The van der Waals surface area contributed by atoms with Crippen LogP contribution in [0.4, 0.5) is 5.69 Å². The number of methoxy groups -OCH3 is 1. The van der Waals surface area contributed by atoms with Crippen LogP contribution in [0, 0.1) is 0 Å². The average molecular weight is 318 g/mol. The van der Waals surface area contributed by atoms with Gasteiger partial charge in [-0.3, -0.25) is 4.79 Å². The topological polar surface area (TPSA) is 47.6 Å². The molecule has 0 aliphatic rings. The van der Waals surface area contributed by atoms with Gasteiger partial charge in [0.1, 0.15) is 5.75 Å². The van der Waals surface area contributed by atoms with Crippen molar-refractivity contribution >= 4 is 29.3 Å². The van der Waals surface area contributed by atoms with Crippen molar-refractivity contribution < 1.29 is 14.3 Å². The highest BCUT2D eigenvalue weighted by molar-refractivity contribution is 6.33. The van der Waals surface area contributed by atoms with Crippen LogP contribution in [-0.2, 0) is 9.53 Å². The summed E-state index contributed by atoms with van der Waals surface area (Å²) in [6.07, 6.45) is 3.17. The van der Waals surface area contributed by atoms with Crippen LogP contribution in [-0.4, -0.2) is 19.8 Å². The van der Waals surface area contributed by atoms with Gasteiger partial charge in [-0.1, -0.05) is 35.9 Å². The summed E-state index contributed by atoms with van der Waals surface area (Å²) in [5.74, 6) is 0.465. The second kappa shape index (κ2) is 8.22. The molecular weight excluding hydrogens is 302 g/mol. The van der Waals surface area contributed by atoms with Crippen molar-refractivity contribution in [1.82, 2.24) is 0 Å². The molecule has 1 amide bonds. The number of nitrogens with one attached hydrogen (secondary N) is 1. The average Bonchev–Trinajstić information content (AvgIpc) is 2.54. The number of rotatable bonds is 6. The molecule has 0 atom stereocenters. The normalized spacial score (nSPS) is 10.6. The Labute approximate surface area is 134 Å². The number of ether oxygens (including phenoxy) is 2. The van der Waals surface area contributed by atoms with E-state index in [0.29, 0.717) is 16.5 Å². The van der Waals surface area contributed by atoms with Crippen molar-refractivity contribution in [3.05, 3.63) is 65.2 Å². The molecule has 22 heavy (non-hydrogen) atoms. The third-order valence-electron chi connectivity index (χ3n) is 2.78. The Bertz CT molecular complexity index is 653. The first-order valence-corrected chi connectivity index (χ1v) is 7.02. The van der Waals surface area contributed by atoms with Crippen LogP contribution < -0.4 is 10.1 Å². The molecular formula is C17H16ClNO3. The van der Waals surface area contributed by atoms with Gasteiger partial charge in [0.05, 0.1) is 10.7 Å². The summed E-state index contributed by atoms with van der Waals surface area (Å²) in [6.45, 7) is 0.204. The van der Waals surface area contributed by atoms with Crippen LogP contribution in [0.1, 0.15) is 5.56 Å². The van der Waals surface area contributed by atoms with Gasteiger partial charge >= 0.3 is 0 Å². The Morgan fingerprint density at radius 1 is 1.18 bits per heavy atom. The van der Waals surface area contributed by atoms with E-state index in [-0.39, 0.29) is 12.7 Å². The predicted octanol–water partition coefficient (Wildman–Crippen LogP) is 3.97. The standard InChI is InChI=1S/C17H16ClNO3/c1-21-12-22-14-9-6-13(7-10-14)8-11-17(20)19-16-5-3-2-4-15(16)18/h2-11H,12H2,1H3,(H,19,20)/b11-8+. The van der Waals surface area contributed by atoms with E-state index in [9.17, 15) is 4.79 Å². The van der Waals surface area contributed by atoms with E-state index >= 15 is 0 Å². The van der Waals surface area contributed by atoms with E-state index in [1.165, 1.54) is 6.08 Å². The molecule has 114 valence electrons. The van der Waals surface area contributed by atoms with Crippen molar-refractivity contribution in [2.24, 2.45) is 0 Å². The van der Waals surface area contributed by atoms with Crippen molar-refractivity contribution in [2.75, 3.05) is 19.2 Å². The van der Waals surface area contributed by atoms with E-state index in [2.05, 4.69) is 5.32 Å². The van der Waals surface area contributed by atoms with Crippen LogP contribution >= 0.6 is 11.6 Å². The summed E-state index contributed by atoms with van der Waals surface area (Å²) in [5.41, 5.74) is 1.47. The number of hydrogen-bond acceptors (Lipinski definition) is 3. The molecule has 5 heteroatoms. The molecule has 0 saturated heterocycles. The molecule has 0 saturated carbocycles. The molecule has 0 spiro atoms. The number of benzene rings is 2. The zero-order chi connectivity index (χ0) is 15.8. The predicted molar refractivity (Wildman–Crippen MR) is 88.1 cm³/mol. The van der Waals surface area contributed by atoms with E-state index < -0.39 is 0 Å². The lowest BCUT2D eigenvalue weighted by molar-refractivity contribution is -0.111.